The number of anilines is 5. The average Bonchev–Trinajstić information content (AvgIpc) is 3.61. The lowest BCUT2D eigenvalue weighted by atomic mass is 9.43. The van der Waals surface area contributed by atoms with Crippen molar-refractivity contribution in [1.82, 2.24) is 0 Å². The van der Waals surface area contributed by atoms with Crippen LogP contribution >= 0.6 is 0 Å². The van der Waals surface area contributed by atoms with Crippen LogP contribution in [0.1, 0.15) is 31.9 Å². The van der Waals surface area contributed by atoms with E-state index < -0.39 is 0 Å². The number of nitrogens with zero attached hydrogens (tertiary/aromatic N) is 2. The zero-order valence-corrected chi connectivity index (χ0v) is 32.1. The van der Waals surface area contributed by atoms with Crippen LogP contribution in [0.4, 0.5) is 28.4 Å². The largest absolute Gasteiger partial charge is 0.454 e. The highest BCUT2D eigenvalue weighted by Gasteiger charge is 2.47. The summed E-state index contributed by atoms with van der Waals surface area (Å²) in [4.78, 5) is 4.96. The highest BCUT2D eigenvalue weighted by Crippen LogP contribution is 2.53. The lowest BCUT2D eigenvalue weighted by molar-refractivity contribution is 0.360. The number of para-hydroxylation sites is 4. The van der Waals surface area contributed by atoms with Gasteiger partial charge in [0.25, 0.3) is 0 Å². The van der Waals surface area contributed by atoms with E-state index in [2.05, 4.69) is 159 Å². The van der Waals surface area contributed by atoms with Crippen molar-refractivity contribution in [2.45, 2.75) is 33.1 Å². The quantitative estimate of drug-likeness (QED) is 0.165. The third kappa shape index (κ3) is 4.64. The molecule has 0 bridgehead atoms. The molecular weight excluding hydrogens is 699 g/mol. The fourth-order valence-corrected chi connectivity index (χ4v) is 9.47. The Morgan fingerprint density at radius 1 is 0.544 bits per heavy atom. The normalized spacial score (nSPS) is 13.8. The number of benzene rings is 8. The SMILES string of the molecule is Cc1cc2c3c(c1)N(c1ccc(C(C)(C)C)cc1)c1cc4c(cc1B3N(c1cccc3c1oc1ccccc13)c1ccc3ccccc3c1-2)Oc1ccccc1O4. The van der Waals surface area contributed by atoms with E-state index in [1.807, 2.05) is 30.3 Å². The van der Waals surface area contributed by atoms with Crippen LogP contribution in [0, 0.1) is 6.92 Å². The summed E-state index contributed by atoms with van der Waals surface area (Å²) in [7, 11) is 0. The molecule has 0 N–H and O–H groups in total. The Labute approximate surface area is 331 Å². The minimum absolute atomic E-state index is 0.0204. The van der Waals surface area contributed by atoms with Crippen molar-refractivity contribution in [3.05, 3.63) is 163 Å². The predicted molar refractivity (Wildman–Crippen MR) is 235 cm³/mol. The molecule has 0 aliphatic carbocycles. The van der Waals surface area contributed by atoms with Crippen molar-refractivity contribution in [3.63, 3.8) is 0 Å². The number of furan rings is 1. The first-order chi connectivity index (χ1) is 27.8. The Morgan fingerprint density at radius 2 is 1.25 bits per heavy atom. The van der Waals surface area contributed by atoms with E-state index in [1.165, 1.54) is 38.5 Å². The molecule has 0 amide bonds. The number of fused-ring (bicyclic) bond motifs is 11. The van der Waals surface area contributed by atoms with Crippen molar-refractivity contribution in [2.75, 3.05) is 9.71 Å². The maximum absolute atomic E-state index is 6.84. The molecular formula is C51H37BN2O3. The second-order valence-electron chi connectivity index (χ2n) is 16.6. The van der Waals surface area contributed by atoms with Gasteiger partial charge in [-0.15, -0.1) is 0 Å². The van der Waals surface area contributed by atoms with Crippen LogP contribution < -0.4 is 30.1 Å². The molecule has 4 heterocycles. The van der Waals surface area contributed by atoms with E-state index in [1.54, 1.807) is 0 Å². The fraction of sp³-hybridized carbons (Fsp3) is 0.0980. The summed E-state index contributed by atoms with van der Waals surface area (Å²) in [6.07, 6.45) is 0. The standard InChI is InChI=1S/C51H37BN2O3/c1-30-26-37-48-34-13-6-5-12-31(34)20-25-39(48)54(40-16-11-15-36-35-14-7-8-17-43(35)57-50(36)40)52-38-28-46-47(56-45-19-10-9-18-44(45)55-46)29-41(38)53(42(27-30)49(37)52)33-23-21-32(22-24-33)51(2,3)4/h5-29H,1-4H3. The summed E-state index contributed by atoms with van der Waals surface area (Å²) < 4.78 is 20.2. The van der Waals surface area contributed by atoms with Crippen molar-refractivity contribution >= 4 is 78.9 Å². The van der Waals surface area contributed by atoms with Gasteiger partial charge in [-0.1, -0.05) is 112 Å². The zero-order valence-electron chi connectivity index (χ0n) is 32.1. The van der Waals surface area contributed by atoms with E-state index >= 15 is 0 Å². The molecule has 0 radical (unpaired) electrons. The number of hydrogen-bond donors (Lipinski definition) is 0. The van der Waals surface area contributed by atoms with Gasteiger partial charge in [0.1, 0.15) is 5.58 Å². The summed E-state index contributed by atoms with van der Waals surface area (Å²) >= 11 is 0. The molecule has 272 valence electrons. The first kappa shape index (κ1) is 32.3. The third-order valence-electron chi connectivity index (χ3n) is 12.1. The highest BCUT2D eigenvalue weighted by molar-refractivity contribution is 6.94. The van der Waals surface area contributed by atoms with Gasteiger partial charge in [-0.3, -0.25) is 0 Å². The number of hydrogen-bond acceptors (Lipinski definition) is 5. The van der Waals surface area contributed by atoms with Gasteiger partial charge in [-0.25, -0.2) is 0 Å². The van der Waals surface area contributed by atoms with Gasteiger partial charge in [-0.05, 0) is 105 Å². The molecule has 12 rings (SSSR count). The summed E-state index contributed by atoms with van der Waals surface area (Å²) in [5, 5.41) is 4.62. The minimum Gasteiger partial charge on any atom is -0.454 e. The molecule has 3 aliphatic heterocycles. The summed E-state index contributed by atoms with van der Waals surface area (Å²) in [5.41, 5.74) is 14.5. The van der Waals surface area contributed by atoms with E-state index in [0.29, 0.717) is 23.0 Å². The van der Waals surface area contributed by atoms with Gasteiger partial charge in [0.2, 0.25) is 0 Å². The van der Waals surface area contributed by atoms with Gasteiger partial charge in [0.15, 0.2) is 28.6 Å². The lowest BCUT2D eigenvalue weighted by Crippen LogP contribution is -2.61. The number of rotatable bonds is 2. The summed E-state index contributed by atoms with van der Waals surface area (Å²) in [6, 6.07) is 54.3. The molecule has 5 nitrogen and oxygen atoms in total. The smallest absolute Gasteiger partial charge is 0.333 e. The van der Waals surface area contributed by atoms with E-state index in [0.717, 1.165) is 55.8 Å². The predicted octanol–water partition coefficient (Wildman–Crippen LogP) is 13.0. The van der Waals surface area contributed by atoms with Crippen molar-refractivity contribution in [3.8, 4) is 34.1 Å². The second-order valence-corrected chi connectivity index (χ2v) is 16.6. The van der Waals surface area contributed by atoms with Gasteiger partial charge in [0, 0.05) is 45.2 Å². The lowest BCUT2D eigenvalue weighted by Gasteiger charge is -2.46. The molecule has 6 heteroatoms. The van der Waals surface area contributed by atoms with Gasteiger partial charge >= 0.3 is 6.85 Å². The Morgan fingerprint density at radius 3 is 2.04 bits per heavy atom. The molecule has 57 heavy (non-hydrogen) atoms. The maximum Gasteiger partial charge on any atom is 0.333 e. The Hall–Kier alpha value is -6.92. The van der Waals surface area contributed by atoms with Crippen LogP contribution in [0.25, 0.3) is 43.8 Å². The fourth-order valence-electron chi connectivity index (χ4n) is 9.47. The zero-order chi connectivity index (χ0) is 38.2. The molecule has 0 saturated heterocycles. The van der Waals surface area contributed by atoms with Crippen LogP contribution in [0.5, 0.6) is 23.0 Å². The van der Waals surface area contributed by atoms with Crippen LogP contribution in [-0.2, 0) is 5.41 Å². The van der Waals surface area contributed by atoms with E-state index in [-0.39, 0.29) is 12.3 Å². The third-order valence-corrected chi connectivity index (χ3v) is 12.1. The molecule has 3 aliphatic rings. The highest BCUT2D eigenvalue weighted by atomic mass is 16.6. The molecule has 9 aromatic rings. The molecule has 0 spiro atoms. The van der Waals surface area contributed by atoms with Gasteiger partial charge in [-0.2, -0.15) is 0 Å². The number of aryl methyl sites for hydroxylation is 1. The monoisotopic (exact) mass is 736 g/mol. The van der Waals surface area contributed by atoms with Crippen molar-refractivity contribution in [1.29, 1.82) is 0 Å². The van der Waals surface area contributed by atoms with Gasteiger partial charge < -0.3 is 23.6 Å². The van der Waals surface area contributed by atoms with Crippen LogP contribution in [-0.4, -0.2) is 6.85 Å². The molecule has 1 aromatic heterocycles. The summed E-state index contributed by atoms with van der Waals surface area (Å²) in [6.45, 7) is 8.77. The number of ether oxygens (including phenoxy) is 2. The molecule has 0 unspecified atom stereocenters. The topological polar surface area (TPSA) is 38.1 Å². The molecule has 0 fully saturated rings. The first-order valence-electron chi connectivity index (χ1n) is 19.7. The van der Waals surface area contributed by atoms with E-state index in [9.17, 15) is 0 Å². The van der Waals surface area contributed by atoms with Gasteiger partial charge in [0.05, 0.1) is 5.69 Å². The molecule has 0 atom stereocenters. The second kappa shape index (κ2) is 11.6. The Kier molecular flexibility index (Phi) is 6.56. The minimum atomic E-state index is -0.241. The molecule has 8 aromatic carbocycles. The first-order valence-corrected chi connectivity index (χ1v) is 19.7. The molecule has 0 saturated carbocycles. The summed E-state index contributed by atoms with van der Waals surface area (Å²) in [5.74, 6) is 2.79. The Balaban J connectivity index is 1.21. The van der Waals surface area contributed by atoms with E-state index in [4.69, 9.17) is 13.9 Å². The average molecular weight is 737 g/mol. The van der Waals surface area contributed by atoms with Crippen LogP contribution in [0.15, 0.2) is 156 Å². The van der Waals surface area contributed by atoms with Crippen molar-refractivity contribution in [2.24, 2.45) is 0 Å². The van der Waals surface area contributed by atoms with Crippen LogP contribution in [0.3, 0.4) is 0 Å². The van der Waals surface area contributed by atoms with Crippen LogP contribution in [0.2, 0.25) is 0 Å². The Bertz CT molecular complexity index is 3160. The maximum atomic E-state index is 6.84. The van der Waals surface area contributed by atoms with Crippen molar-refractivity contribution < 1.29 is 13.9 Å².